The van der Waals surface area contributed by atoms with Crippen LogP contribution in [0.1, 0.15) is 27.6 Å². The Morgan fingerprint density at radius 1 is 0.846 bits per heavy atom. The molecule has 2 aromatic carbocycles. The number of ether oxygens (including phenoxy) is 3. The normalized spacial score (nSPS) is 9.92. The van der Waals surface area contributed by atoms with Crippen molar-refractivity contribution in [1.29, 1.82) is 0 Å². The van der Waals surface area contributed by atoms with E-state index in [-0.39, 0.29) is 6.61 Å². The van der Waals surface area contributed by atoms with Crippen molar-refractivity contribution >= 4 is 23.5 Å². The molecule has 0 unspecified atom stereocenters. The van der Waals surface area contributed by atoms with Gasteiger partial charge in [0.1, 0.15) is 5.75 Å². The highest BCUT2D eigenvalue weighted by atomic mass is 16.5. The summed E-state index contributed by atoms with van der Waals surface area (Å²) in [5, 5.41) is 2.58. The van der Waals surface area contributed by atoms with Crippen molar-refractivity contribution in [2.45, 2.75) is 6.92 Å². The number of hydrogen-bond acceptors (Lipinski definition) is 6. The summed E-state index contributed by atoms with van der Waals surface area (Å²) in [5.41, 5.74) is 1.18. The van der Waals surface area contributed by atoms with Crippen molar-refractivity contribution in [3.8, 4) is 5.75 Å². The number of benzene rings is 2. The minimum absolute atomic E-state index is 0.289. The molecule has 0 aromatic heterocycles. The van der Waals surface area contributed by atoms with Crippen LogP contribution in [0.5, 0.6) is 5.75 Å². The lowest BCUT2D eigenvalue weighted by Crippen LogP contribution is -2.21. The lowest BCUT2D eigenvalue weighted by molar-refractivity contribution is -0.119. The van der Waals surface area contributed by atoms with Crippen LogP contribution in [-0.4, -0.2) is 38.2 Å². The Labute approximate surface area is 150 Å². The first-order valence-electron chi connectivity index (χ1n) is 7.91. The quantitative estimate of drug-likeness (QED) is 0.766. The molecule has 0 bridgehead atoms. The van der Waals surface area contributed by atoms with Crippen LogP contribution < -0.4 is 10.1 Å². The lowest BCUT2D eigenvalue weighted by Gasteiger charge is -2.08. The van der Waals surface area contributed by atoms with Crippen LogP contribution in [0.2, 0.25) is 0 Å². The molecule has 2 rings (SSSR count). The van der Waals surface area contributed by atoms with E-state index >= 15 is 0 Å². The molecule has 7 nitrogen and oxygen atoms in total. The minimum Gasteiger partial charge on any atom is -0.497 e. The highest BCUT2D eigenvalue weighted by Crippen LogP contribution is 2.13. The van der Waals surface area contributed by atoms with Gasteiger partial charge in [0, 0.05) is 5.69 Å². The number of rotatable bonds is 7. The number of hydrogen-bond donors (Lipinski definition) is 1. The van der Waals surface area contributed by atoms with E-state index in [4.69, 9.17) is 14.2 Å². The average molecular weight is 357 g/mol. The van der Waals surface area contributed by atoms with Gasteiger partial charge in [0.25, 0.3) is 5.91 Å². The number of anilines is 1. The van der Waals surface area contributed by atoms with Gasteiger partial charge in [-0.3, -0.25) is 4.79 Å². The first-order valence-corrected chi connectivity index (χ1v) is 7.91. The largest absolute Gasteiger partial charge is 0.497 e. The fourth-order valence-electron chi connectivity index (χ4n) is 2.04. The van der Waals surface area contributed by atoms with E-state index in [0.717, 1.165) is 0 Å². The van der Waals surface area contributed by atoms with E-state index in [1.165, 1.54) is 19.2 Å². The second-order valence-corrected chi connectivity index (χ2v) is 5.15. The SMILES string of the molecule is CCOC(=O)c1ccc(NC(=O)COC(=O)c2ccc(OC)cc2)cc1. The predicted molar refractivity (Wildman–Crippen MR) is 94.3 cm³/mol. The van der Waals surface area contributed by atoms with E-state index in [1.54, 1.807) is 43.3 Å². The van der Waals surface area contributed by atoms with Gasteiger partial charge in [-0.15, -0.1) is 0 Å². The molecule has 1 amide bonds. The van der Waals surface area contributed by atoms with Crippen molar-refractivity contribution in [1.82, 2.24) is 0 Å². The van der Waals surface area contributed by atoms with Crippen molar-refractivity contribution in [2.75, 3.05) is 25.6 Å². The lowest BCUT2D eigenvalue weighted by atomic mass is 10.2. The molecular weight excluding hydrogens is 338 g/mol. The summed E-state index contributed by atoms with van der Waals surface area (Å²) >= 11 is 0. The predicted octanol–water partition coefficient (Wildman–Crippen LogP) is 2.67. The number of esters is 2. The smallest absolute Gasteiger partial charge is 0.338 e. The van der Waals surface area contributed by atoms with E-state index in [1.807, 2.05) is 0 Å². The van der Waals surface area contributed by atoms with Gasteiger partial charge in [0.2, 0.25) is 0 Å². The molecule has 2 aromatic rings. The molecule has 0 aliphatic carbocycles. The molecular formula is C19H19NO6. The van der Waals surface area contributed by atoms with Crippen molar-refractivity contribution in [3.05, 3.63) is 59.7 Å². The molecule has 26 heavy (non-hydrogen) atoms. The minimum atomic E-state index is -0.611. The van der Waals surface area contributed by atoms with E-state index in [0.29, 0.717) is 22.6 Å². The van der Waals surface area contributed by atoms with Gasteiger partial charge in [-0.2, -0.15) is 0 Å². The van der Waals surface area contributed by atoms with Gasteiger partial charge in [0.15, 0.2) is 6.61 Å². The Hall–Kier alpha value is -3.35. The molecule has 0 aliphatic heterocycles. The maximum Gasteiger partial charge on any atom is 0.338 e. The zero-order valence-corrected chi connectivity index (χ0v) is 14.5. The van der Waals surface area contributed by atoms with Crippen LogP contribution in [0, 0.1) is 0 Å². The highest BCUT2D eigenvalue weighted by Gasteiger charge is 2.11. The van der Waals surface area contributed by atoms with Crippen molar-refractivity contribution < 1.29 is 28.6 Å². The van der Waals surface area contributed by atoms with Gasteiger partial charge < -0.3 is 19.5 Å². The molecule has 1 N–H and O–H groups in total. The Morgan fingerprint density at radius 2 is 1.38 bits per heavy atom. The maximum absolute atomic E-state index is 11.9. The summed E-state index contributed by atoms with van der Waals surface area (Å²) in [6, 6.07) is 12.6. The highest BCUT2D eigenvalue weighted by molar-refractivity contribution is 5.96. The van der Waals surface area contributed by atoms with Gasteiger partial charge in [-0.05, 0) is 55.5 Å². The van der Waals surface area contributed by atoms with Crippen molar-refractivity contribution in [2.24, 2.45) is 0 Å². The third-order valence-electron chi connectivity index (χ3n) is 3.34. The molecule has 0 radical (unpaired) electrons. The fraction of sp³-hybridized carbons (Fsp3) is 0.211. The molecule has 7 heteroatoms. The number of amides is 1. The molecule has 0 saturated carbocycles. The van der Waals surface area contributed by atoms with Crippen LogP contribution in [-0.2, 0) is 14.3 Å². The van der Waals surface area contributed by atoms with Crippen LogP contribution in [0.4, 0.5) is 5.69 Å². The van der Waals surface area contributed by atoms with Gasteiger partial charge in [-0.1, -0.05) is 0 Å². The Balaban J connectivity index is 1.84. The number of carbonyl (C=O) groups is 3. The topological polar surface area (TPSA) is 90.9 Å². The molecule has 0 saturated heterocycles. The Kier molecular flexibility index (Phi) is 6.73. The van der Waals surface area contributed by atoms with E-state index in [2.05, 4.69) is 5.32 Å². The summed E-state index contributed by atoms with van der Waals surface area (Å²) in [4.78, 5) is 35.3. The van der Waals surface area contributed by atoms with E-state index < -0.39 is 24.5 Å². The summed E-state index contributed by atoms with van der Waals surface area (Å²) in [5.74, 6) is -0.916. The van der Waals surface area contributed by atoms with Gasteiger partial charge >= 0.3 is 11.9 Å². The molecule has 0 atom stereocenters. The second-order valence-electron chi connectivity index (χ2n) is 5.15. The summed E-state index contributed by atoms with van der Waals surface area (Å²) in [7, 11) is 1.52. The van der Waals surface area contributed by atoms with Crippen LogP contribution in [0.3, 0.4) is 0 Å². The van der Waals surface area contributed by atoms with Gasteiger partial charge in [0.05, 0.1) is 24.8 Å². The zero-order chi connectivity index (χ0) is 18.9. The second kappa shape index (κ2) is 9.22. The third-order valence-corrected chi connectivity index (χ3v) is 3.34. The van der Waals surface area contributed by atoms with Crippen molar-refractivity contribution in [3.63, 3.8) is 0 Å². The first-order chi connectivity index (χ1) is 12.5. The average Bonchev–Trinajstić information content (AvgIpc) is 2.67. The third kappa shape index (κ3) is 5.34. The summed E-state index contributed by atoms with van der Waals surface area (Å²) in [6.07, 6.45) is 0. The molecule has 0 spiro atoms. The monoisotopic (exact) mass is 357 g/mol. The van der Waals surface area contributed by atoms with Gasteiger partial charge in [-0.25, -0.2) is 9.59 Å². The molecule has 0 aliphatic rings. The van der Waals surface area contributed by atoms with Crippen LogP contribution in [0.25, 0.3) is 0 Å². The first kappa shape index (κ1) is 19.0. The molecule has 0 fully saturated rings. The number of nitrogens with one attached hydrogen (secondary N) is 1. The molecule has 136 valence electrons. The summed E-state index contributed by atoms with van der Waals surface area (Å²) in [6.45, 7) is 1.58. The Morgan fingerprint density at radius 3 is 1.92 bits per heavy atom. The van der Waals surface area contributed by atoms with Crippen LogP contribution in [0.15, 0.2) is 48.5 Å². The number of methoxy groups -OCH3 is 1. The summed E-state index contributed by atoms with van der Waals surface area (Å²) < 4.78 is 14.8. The molecule has 0 heterocycles. The maximum atomic E-state index is 11.9. The van der Waals surface area contributed by atoms with E-state index in [9.17, 15) is 14.4 Å². The zero-order valence-electron chi connectivity index (χ0n) is 14.5. The van der Waals surface area contributed by atoms with Crippen LogP contribution >= 0.6 is 0 Å². The number of carbonyl (C=O) groups excluding carboxylic acids is 3. The standard InChI is InChI=1S/C19H19NO6/c1-3-25-18(22)13-4-8-15(9-5-13)20-17(21)12-26-19(23)14-6-10-16(24-2)11-7-14/h4-11H,3,12H2,1-2H3,(H,20,21). The fourth-order valence-corrected chi connectivity index (χ4v) is 2.04. The Bertz CT molecular complexity index is 768.